The standard InChI is InChI=1S/C23H17ClF2N2O2S/c1-13-9-16(14(2)28(13)20-6-4-3-5-19(20)26)10-21-22(29)27(23(30)31-21)12-15-7-8-17(25)11-18(15)24/h3-11H,12H2,1-2H3/b21-10-. The molecular weight excluding hydrogens is 442 g/mol. The van der Waals surface area contributed by atoms with E-state index in [-0.39, 0.29) is 22.3 Å². The number of amides is 2. The number of aromatic nitrogens is 1. The first-order valence-corrected chi connectivity index (χ1v) is 10.6. The van der Waals surface area contributed by atoms with Gasteiger partial charge < -0.3 is 4.57 Å². The van der Waals surface area contributed by atoms with Crippen LogP contribution in [0, 0.1) is 25.5 Å². The van der Waals surface area contributed by atoms with E-state index < -0.39 is 17.0 Å². The third-order valence-electron chi connectivity index (χ3n) is 5.07. The maximum absolute atomic E-state index is 14.3. The number of aryl methyl sites for hydroxylation is 1. The summed E-state index contributed by atoms with van der Waals surface area (Å²) in [6, 6.07) is 12.1. The van der Waals surface area contributed by atoms with Gasteiger partial charge in [0.15, 0.2) is 0 Å². The number of halogens is 3. The molecule has 0 saturated carbocycles. The maximum atomic E-state index is 14.3. The van der Waals surface area contributed by atoms with Crippen LogP contribution in [0.5, 0.6) is 0 Å². The Bertz CT molecular complexity index is 1250. The van der Waals surface area contributed by atoms with E-state index in [1.807, 2.05) is 19.9 Å². The molecule has 2 heterocycles. The van der Waals surface area contributed by atoms with E-state index in [1.54, 1.807) is 28.8 Å². The largest absolute Gasteiger partial charge is 0.315 e. The molecule has 8 heteroatoms. The number of para-hydroxylation sites is 1. The zero-order valence-corrected chi connectivity index (χ0v) is 18.2. The minimum Gasteiger partial charge on any atom is -0.315 e. The quantitative estimate of drug-likeness (QED) is 0.433. The fraction of sp³-hybridized carbons (Fsp3) is 0.130. The van der Waals surface area contributed by atoms with Crippen molar-refractivity contribution in [2.24, 2.45) is 0 Å². The number of carbonyl (C=O) groups excluding carboxylic acids is 2. The van der Waals surface area contributed by atoms with Crippen LogP contribution in [0.15, 0.2) is 53.4 Å². The monoisotopic (exact) mass is 458 g/mol. The minimum absolute atomic E-state index is 0.0463. The van der Waals surface area contributed by atoms with Crippen LogP contribution >= 0.6 is 23.4 Å². The van der Waals surface area contributed by atoms with Gasteiger partial charge in [0.25, 0.3) is 11.1 Å². The van der Waals surface area contributed by atoms with Gasteiger partial charge in [0.1, 0.15) is 11.6 Å². The number of thioether (sulfide) groups is 1. The van der Waals surface area contributed by atoms with Crippen LogP contribution in [-0.4, -0.2) is 20.6 Å². The summed E-state index contributed by atoms with van der Waals surface area (Å²) in [7, 11) is 0. The molecule has 2 amide bonds. The zero-order valence-electron chi connectivity index (χ0n) is 16.7. The van der Waals surface area contributed by atoms with Crippen molar-refractivity contribution in [3.05, 3.63) is 92.6 Å². The van der Waals surface area contributed by atoms with Gasteiger partial charge in [-0.3, -0.25) is 14.5 Å². The smallest absolute Gasteiger partial charge is 0.293 e. The fourth-order valence-electron chi connectivity index (χ4n) is 3.54. The molecule has 0 bridgehead atoms. The molecule has 4 nitrogen and oxygen atoms in total. The van der Waals surface area contributed by atoms with Crippen molar-refractivity contribution in [2.75, 3.05) is 0 Å². The second-order valence-electron chi connectivity index (χ2n) is 7.12. The molecule has 31 heavy (non-hydrogen) atoms. The molecule has 0 spiro atoms. The van der Waals surface area contributed by atoms with Crippen LogP contribution in [0.25, 0.3) is 11.8 Å². The van der Waals surface area contributed by atoms with Crippen molar-refractivity contribution >= 4 is 40.6 Å². The normalized spacial score (nSPS) is 15.4. The second kappa shape index (κ2) is 8.32. The summed E-state index contributed by atoms with van der Waals surface area (Å²) in [5.41, 5.74) is 3.15. The van der Waals surface area contributed by atoms with E-state index in [0.717, 1.165) is 34.1 Å². The lowest BCUT2D eigenvalue weighted by Gasteiger charge is -2.13. The Labute approximate surface area is 187 Å². The van der Waals surface area contributed by atoms with Crippen LogP contribution in [0.1, 0.15) is 22.5 Å². The van der Waals surface area contributed by atoms with E-state index in [2.05, 4.69) is 0 Å². The van der Waals surface area contributed by atoms with Gasteiger partial charge in [0.2, 0.25) is 0 Å². The first-order chi connectivity index (χ1) is 14.8. The van der Waals surface area contributed by atoms with Crippen molar-refractivity contribution in [3.63, 3.8) is 0 Å². The predicted molar refractivity (Wildman–Crippen MR) is 118 cm³/mol. The Kier molecular flexibility index (Phi) is 5.73. The van der Waals surface area contributed by atoms with Crippen LogP contribution < -0.4 is 0 Å². The Balaban J connectivity index is 1.64. The summed E-state index contributed by atoms with van der Waals surface area (Å²) in [5.74, 6) is -1.30. The molecule has 1 aliphatic heterocycles. The van der Waals surface area contributed by atoms with Crippen molar-refractivity contribution in [3.8, 4) is 5.69 Å². The molecule has 0 radical (unpaired) electrons. The summed E-state index contributed by atoms with van der Waals surface area (Å²) in [6.07, 6.45) is 1.64. The molecule has 0 atom stereocenters. The fourth-order valence-corrected chi connectivity index (χ4v) is 4.59. The van der Waals surface area contributed by atoms with Crippen LogP contribution in [0.4, 0.5) is 13.6 Å². The lowest BCUT2D eigenvalue weighted by molar-refractivity contribution is -0.123. The van der Waals surface area contributed by atoms with E-state index in [1.165, 1.54) is 18.2 Å². The summed E-state index contributed by atoms with van der Waals surface area (Å²) >= 11 is 6.86. The van der Waals surface area contributed by atoms with Gasteiger partial charge >= 0.3 is 0 Å². The van der Waals surface area contributed by atoms with Gasteiger partial charge in [0.05, 0.1) is 17.1 Å². The van der Waals surface area contributed by atoms with Gasteiger partial charge in [-0.2, -0.15) is 0 Å². The Morgan fingerprint density at radius 1 is 1.06 bits per heavy atom. The van der Waals surface area contributed by atoms with Gasteiger partial charge in [0, 0.05) is 16.4 Å². The minimum atomic E-state index is -0.493. The number of hydrogen-bond donors (Lipinski definition) is 0. The summed E-state index contributed by atoms with van der Waals surface area (Å²) in [5, 5.41) is -0.281. The Morgan fingerprint density at radius 3 is 2.52 bits per heavy atom. The Hall–Kier alpha value is -2.90. The topological polar surface area (TPSA) is 42.3 Å². The van der Waals surface area contributed by atoms with Crippen molar-refractivity contribution in [1.82, 2.24) is 9.47 Å². The van der Waals surface area contributed by atoms with Gasteiger partial charge in [-0.15, -0.1) is 0 Å². The molecule has 3 aromatic rings. The first kappa shape index (κ1) is 21.3. The van der Waals surface area contributed by atoms with Crippen LogP contribution in [0.3, 0.4) is 0 Å². The van der Waals surface area contributed by atoms with Crippen LogP contribution in [0.2, 0.25) is 5.02 Å². The average molecular weight is 459 g/mol. The number of rotatable bonds is 4. The summed E-state index contributed by atoms with van der Waals surface area (Å²) < 4.78 is 29.3. The van der Waals surface area contributed by atoms with E-state index in [9.17, 15) is 18.4 Å². The number of benzene rings is 2. The van der Waals surface area contributed by atoms with Gasteiger partial charge in [-0.05, 0) is 73.1 Å². The highest BCUT2D eigenvalue weighted by Crippen LogP contribution is 2.35. The molecule has 1 aliphatic rings. The Morgan fingerprint density at radius 2 is 1.81 bits per heavy atom. The molecule has 1 fully saturated rings. The predicted octanol–water partition coefficient (Wildman–Crippen LogP) is 6.26. The number of imide groups is 1. The summed E-state index contributed by atoms with van der Waals surface area (Å²) in [6.45, 7) is 3.63. The molecule has 0 unspecified atom stereocenters. The van der Waals surface area contributed by atoms with Crippen molar-refractivity contribution in [1.29, 1.82) is 0 Å². The van der Waals surface area contributed by atoms with Crippen LogP contribution in [-0.2, 0) is 11.3 Å². The molecule has 4 rings (SSSR count). The zero-order chi connectivity index (χ0) is 22.3. The molecule has 0 aliphatic carbocycles. The SMILES string of the molecule is Cc1cc(/C=C2\SC(=O)N(Cc3ccc(F)cc3Cl)C2=O)c(C)n1-c1ccccc1F. The molecule has 0 N–H and O–H groups in total. The molecule has 1 saturated heterocycles. The van der Waals surface area contributed by atoms with Crippen molar-refractivity contribution in [2.45, 2.75) is 20.4 Å². The third kappa shape index (κ3) is 4.03. The lowest BCUT2D eigenvalue weighted by Crippen LogP contribution is -2.27. The highest BCUT2D eigenvalue weighted by molar-refractivity contribution is 8.18. The highest BCUT2D eigenvalue weighted by atomic mass is 35.5. The lowest BCUT2D eigenvalue weighted by atomic mass is 10.2. The van der Waals surface area contributed by atoms with E-state index in [0.29, 0.717) is 16.8 Å². The number of nitrogens with zero attached hydrogens (tertiary/aromatic N) is 2. The third-order valence-corrected chi connectivity index (χ3v) is 6.33. The molecule has 2 aromatic carbocycles. The van der Waals surface area contributed by atoms with E-state index >= 15 is 0 Å². The molecule has 158 valence electrons. The molecule has 1 aromatic heterocycles. The number of hydrogen-bond acceptors (Lipinski definition) is 3. The average Bonchev–Trinajstić information content (AvgIpc) is 3.14. The van der Waals surface area contributed by atoms with E-state index in [4.69, 9.17) is 11.6 Å². The number of carbonyl (C=O) groups is 2. The first-order valence-electron chi connectivity index (χ1n) is 9.39. The van der Waals surface area contributed by atoms with Gasteiger partial charge in [-0.1, -0.05) is 29.8 Å². The summed E-state index contributed by atoms with van der Waals surface area (Å²) in [4.78, 5) is 26.6. The second-order valence-corrected chi connectivity index (χ2v) is 8.52. The van der Waals surface area contributed by atoms with Gasteiger partial charge in [-0.25, -0.2) is 8.78 Å². The van der Waals surface area contributed by atoms with Crippen molar-refractivity contribution < 1.29 is 18.4 Å². The highest BCUT2D eigenvalue weighted by Gasteiger charge is 2.35. The maximum Gasteiger partial charge on any atom is 0.293 e. The molecular formula is C23H17ClF2N2O2S.